The molecule has 0 saturated heterocycles. The SMILES string of the molecule is COCc1nnc(-c2cc(-c3ccc(Cl)cc3)nn2-c2ccccc2)o1. The summed E-state index contributed by atoms with van der Waals surface area (Å²) in [5, 5.41) is 13.5. The number of halogens is 1. The number of rotatable bonds is 5. The quantitative estimate of drug-likeness (QED) is 0.524. The fraction of sp³-hybridized carbons (Fsp3) is 0.105. The van der Waals surface area contributed by atoms with Crippen molar-refractivity contribution < 1.29 is 9.15 Å². The molecule has 0 atom stereocenters. The summed E-state index contributed by atoms with van der Waals surface area (Å²) in [6.45, 7) is 0.260. The zero-order valence-corrected chi connectivity index (χ0v) is 14.7. The van der Waals surface area contributed by atoms with Crippen LogP contribution in [0.2, 0.25) is 5.02 Å². The minimum absolute atomic E-state index is 0.260. The molecule has 7 heteroatoms. The minimum Gasteiger partial charge on any atom is -0.417 e. The molecule has 0 bridgehead atoms. The highest BCUT2D eigenvalue weighted by molar-refractivity contribution is 6.30. The van der Waals surface area contributed by atoms with Crippen molar-refractivity contribution in [3.8, 4) is 28.5 Å². The Morgan fingerprint density at radius 3 is 2.54 bits per heavy atom. The van der Waals surface area contributed by atoms with Crippen molar-refractivity contribution in [3.63, 3.8) is 0 Å². The Bertz CT molecular complexity index is 1010. The van der Waals surface area contributed by atoms with Crippen LogP contribution in [-0.2, 0) is 11.3 Å². The maximum absolute atomic E-state index is 5.99. The molecule has 0 saturated carbocycles. The summed E-state index contributed by atoms with van der Waals surface area (Å²) in [7, 11) is 1.58. The fourth-order valence-electron chi connectivity index (χ4n) is 2.60. The van der Waals surface area contributed by atoms with Crippen LogP contribution in [0, 0.1) is 0 Å². The summed E-state index contributed by atoms with van der Waals surface area (Å²) >= 11 is 5.99. The van der Waals surface area contributed by atoms with Crippen molar-refractivity contribution >= 4 is 11.6 Å². The molecule has 2 heterocycles. The Morgan fingerprint density at radius 1 is 1.04 bits per heavy atom. The second kappa shape index (κ2) is 7.11. The van der Waals surface area contributed by atoms with Gasteiger partial charge in [-0.1, -0.05) is 41.9 Å². The van der Waals surface area contributed by atoms with Gasteiger partial charge in [0.05, 0.1) is 11.4 Å². The molecule has 130 valence electrons. The Hall–Kier alpha value is -2.96. The number of hydrogen-bond donors (Lipinski definition) is 0. The Kier molecular flexibility index (Phi) is 4.51. The van der Waals surface area contributed by atoms with Gasteiger partial charge in [-0.2, -0.15) is 5.10 Å². The lowest BCUT2D eigenvalue weighted by molar-refractivity contribution is 0.160. The average molecular weight is 367 g/mol. The van der Waals surface area contributed by atoms with E-state index in [1.807, 2.05) is 60.7 Å². The van der Waals surface area contributed by atoms with Crippen LogP contribution in [-0.4, -0.2) is 27.1 Å². The highest BCUT2D eigenvalue weighted by Gasteiger charge is 2.18. The van der Waals surface area contributed by atoms with Gasteiger partial charge in [-0.05, 0) is 30.3 Å². The molecule has 4 rings (SSSR count). The summed E-state index contributed by atoms with van der Waals surface area (Å²) in [6.07, 6.45) is 0. The van der Waals surface area contributed by atoms with Gasteiger partial charge in [-0.15, -0.1) is 10.2 Å². The summed E-state index contributed by atoms with van der Waals surface area (Å²) < 4.78 is 12.5. The molecule has 2 aromatic carbocycles. The van der Waals surface area contributed by atoms with E-state index >= 15 is 0 Å². The molecule has 0 N–H and O–H groups in total. The minimum atomic E-state index is 0.260. The molecule has 2 aromatic heterocycles. The van der Waals surface area contributed by atoms with Crippen LogP contribution in [0.15, 0.2) is 65.1 Å². The van der Waals surface area contributed by atoms with E-state index < -0.39 is 0 Å². The third-order valence-corrected chi connectivity index (χ3v) is 4.06. The first-order chi connectivity index (χ1) is 12.7. The summed E-state index contributed by atoms with van der Waals surface area (Å²) in [5.41, 5.74) is 3.33. The van der Waals surface area contributed by atoms with Gasteiger partial charge in [-0.25, -0.2) is 4.68 Å². The van der Waals surface area contributed by atoms with Crippen LogP contribution < -0.4 is 0 Å². The number of para-hydroxylation sites is 1. The molecule has 0 spiro atoms. The van der Waals surface area contributed by atoms with Crippen LogP contribution >= 0.6 is 11.6 Å². The molecule has 0 aliphatic heterocycles. The lowest BCUT2D eigenvalue weighted by atomic mass is 10.1. The van der Waals surface area contributed by atoms with E-state index in [9.17, 15) is 0 Å². The van der Waals surface area contributed by atoms with Crippen molar-refractivity contribution in [2.45, 2.75) is 6.61 Å². The van der Waals surface area contributed by atoms with Crippen LogP contribution in [0.25, 0.3) is 28.5 Å². The molecular weight excluding hydrogens is 352 g/mol. The number of aromatic nitrogens is 4. The second-order valence-corrected chi connectivity index (χ2v) is 6.04. The monoisotopic (exact) mass is 366 g/mol. The van der Waals surface area contributed by atoms with Crippen molar-refractivity contribution in [1.82, 2.24) is 20.0 Å². The largest absolute Gasteiger partial charge is 0.417 e. The van der Waals surface area contributed by atoms with E-state index in [4.69, 9.17) is 25.9 Å². The normalized spacial score (nSPS) is 11.0. The van der Waals surface area contributed by atoms with Gasteiger partial charge in [0.15, 0.2) is 0 Å². The third-order valence-electron chi connectivity index (χ3n) is 3.80. The van der Waals surface area contributed by atoms with Crippen molar-refractivity contribution in [3.05, 3.63) is 71.6 Å². The van der Waals surface area contributed by atoms with Crippen molar-refractivity contribution in [2.75, 3.05) is 7.11 Å². The van der Waals surface area contributed by atoms with Gasteiger partial charge in [0.2, 0.25) is 5.89 Å². The Morgan fingerprint density at radius 2 is 1.81 bits per heavy atom. The predicted octanol–water partition coefficient (Wildman–Crippen LogP) is 4.39. The predicted molar refractivity (Wildman–Crippen MR) is 98.0 cm³/mol. The molecule has 0 unspecified atom stereocenters. The van der Waals surface area contributed by atoms with Crippen molar-refractivity contribution in [2.24, 2.45) is 0 Å². The Labute approximate surface area is 155 Å². The zero-order chi connectivity index (χ0) is 17.9. The van der Waals surface area contributed by atoms with Gasteiger partial charge >= 0.3 is 0 Å². The van der Waals surface area contributed by atoms with Crippen LogP contribution in [0.3, 0.4) is 0 Å². The van der Waals surface area contributed by atoms with E-state index in [0.717, 1.165) is 16.9 Å². The molecule has 6 nitrogen and oxygen atoms in total. The van der Waals surface area contributed by atoms with Gasteiger partial charge in [0.1, 0.15) is 12.3 Å². The smallest absolute Gasteiger partial charge is 0.266 e. The number of ether oxygens (including phenoxy) is 1. The molecule has 26 heavy (non-hydrogen) atoms. The zero-order valence-electron chi connectivity index (χ0n) is 14.0. The van der Waals surface area contributed by atoms with E-state index in [1.165, 1.54) is 0 Å². The van der Waals surface area contributed by atoms with Crippen molar-refractivity contribution in [1.29, 1.82) is 0 Å². The lowest BCUT2D eigenvalue weighted by Crippen LogP contribution is -1.99. The molecule has 4 aromatic rings. The standard InChI is InChI=1S/C19H15ClN4O2/c1-25-12-18-21-22-19(26-18)17-11-16(13-7-9-14(20)10-8-13)23-24(17)15-5-3-2-4-6-15/h2-11H,12H2,1H3. The van der Waals surface area contributed by atoms with Crippen LogP contribution in [0.5, 0.6) is 0 Å². The summed E-state index contributed by atoms with van der Waals surface area (Å²) in [5.74, 6) is 0.796. The lowest BCUT2D eigenvalue weighted by Gasteiger charge is -2.04. The number of methoxy groups -OCH3 is 1. The molecule has 0 aliphatic rings. The maximum atomic E-state index is 5.99. The molecule has 0 aliphatic carbocycles. The number of benzene rings is 2. The van der Waals surface area contributed by atoms with E-state index in [0.29, 0.717) is 22.5 Å². The topological polar surface area (TPSA) is 66.0 Å². The highest BCUT2D eigenvalue weighted by Crippen LogP contribution is 2.28. The average Bonchev–Trinajstić information content (AvgIpc) is 3.30. The summed E-state index contributed by atoms with van der Waals surface area (Å²) in [4.78, 5) is 0. The van der Waals surface area contributed by atoms with Crippen LogP contribution in [0.1, 0.15) is 5.89 Å². The summed E-state index contributed by atoms with van der Waals surface area (Å²) in [6, 6.07) is 19.2. The van der Waals surface area contributed by atoms with E-state index in [1.54, 1.807) is 11.8 Å². The molecular formula is C19H15ClN4O2. The first kappa shape index (κ1) is 16.5. The van der Waals surface area contributed by atoms with Gasteiger partial charge in [-0.3, -0.25) is 0 Å². The molecule has 0 amide bonds. The number of hydrogen-bond acceptors (Lipinski definition) is 5. The van der Waals surface area contributed by atoms with Gasteiger partial charge < -0.3 is 9.15 Å². The van der Waals surface area contributed by atoms with Gasteiger partial charge in [0.25, 0.3) is 5.89 Å². The van der Waals surface area contributed by atoms with E-state index in [-0.39, 0.29) is 6.61 Å². The fourth-order valence-corrected chi connectivity index (χ4v) is 2.73. The van der Waals surface area contributed by atoms with Gasteiger partial charge in [0, 0.05) is 17.7 Å². The number of nitrogens with zero attached hydrogens (tertiary/aromatic N) is 4. The maximum Gasteiger partial charge on any atom is 0.266 e. The third kappa shape index (κ3) is 3.24. The first-order valence-electron chi connectivity index (χ1n) is 7.98. The Balaban J connectivity index is 1.83. The first-order valence-corrected chi connectivity index (χ1v) is 8.35. The van der Waals surface area contributed by atoms with E-state index in [2.05, 4.69) is 10.2 Å². The van der Waals surface area contributed by atoms with Crippen LogP contribution in [0.4, 0.5) is 0 Å². The molecule has 0 fully saturated rings. The highest BCUT2D eigenvalue weighted by atomic mass is 35.5. The second-order valence-electron chi connectivity index (χ2n) is 5.60. The molecule has 0 radical (unpaired) electrons.